The van der Waals surface area contributed by atoms with Crippen molar-refractivity contribution in [1.29, 1.82) is 0 Å². The molecule has 0 aliphatic carbocycles. The van der Waals surface area contributed by atoms with Crippen LogP contribution in [0, 0.1) is 0 Å². The third-order valence-electron chi connectivity index (χ3n) is 3.76. The molecule has 4 nitrogen and oxygen atoms in total. The summed E-state index contributed by atoms with van der Waals surface area (Å²) in [5.41, 5.74) is 3.44. The highest BCUT2D eigenvalue weighted by atomic mass is 16.5. The van der Waals surface area contributed by atoms with Gasteiger partial charge in [0.2, 0.25) is 0 Å². The van der Waals surface area contributed by atoms with E-state index in [4.69, 9.17) is 4.74 Å². The predicted octanol–water partition coefficient (Wildman–Crippen LogP) is 3.09. The Hall–Kier alpha value is -2.07. The molecule has 1 aliphatic heterocycles. The van der Waals surface area contributed by atoms with Crippen molar-refractivity contribution in [1.82, 2.24) is 4.98 Å². The van der Waals surface area contributed by atoms with Gasteiger partial charge in [-0.3, -0.25) is 4.98 Å². The van der Waals surface area contributed by atoms with Crippen molar-refractivity contribution in [2.24, 2.45) is 0 Å². The van der Waals surface area contributed by atoms with E-state index in [1.807, 2.05) is 18.3 Å². The maximum absolute atomic E-state index is 5.44. The molecule has 1 aromatic heterocycles. The number of nitrogens with one attached hydrogen (secondary N) is 1. The molecule has 1 unspecified atom stereocenters. The van der Waals surface area contributed by atoms with Crippen molar-refractivity contribution in [2.45, 2.75) is 13.0 Å². The summed E-state index contributed by atoms with van der Waals surface area (Å²) in [5, 5.41) is 3.58. The third-order valence-corrected chi connectivity index (χ3v) is 3.76. The van der Waals surface area contributed by atoms with Gasteiger partial charge in [-0.15, -0.1) is 0 Å². The van der Waals surface area contributed by atoms with Gasteiger partial charge in [-0.2, -0.15) is 0 Å². The Kier molecular flexibility index (Phi) is 4.36. The minimum atomic E-state index is 0.174. The molecule has 0 spiro atoms. The van der Waals surface area contributed by atoms with E-state index in [0.29, 0.717) is 0 Å². The third kappa shape index (κ3) is 3.34. The van der Waals surface area contributed by atoms with E-state index < -0.39 is 0 Å². The number of morpholine rings is 1. The molecule has 1 atom stereocenters. The Labute approximate surface area is 125 Å². The van der Waals surface area contributed by atoms with Crippen LogP contribution in [0.3, 0.4) is 0 Å². The van der Waals surface area contributed by atoms with Gasteiger partial charge in [0.1, 0.15) is 0 Å². The smallest absolute Gasteiger partial charge is 0.0657 e. The zero-order chi connectivity index (χ0) is 14.5. The number of nitrogens with zero attached hydrogens (tertiary/aromatic N) is 2. The fourth-order valence-corrected chi connectivity index (χ4v) is 2.62. The Balaban J connectivity index is 1.79. The predicted molar refractivity (Wildman–Crippen MR) is 85.7 cm³/mol. The van der Waals surface area contributed by atoms with E-state index in [9.17, 15) is 0 Å². The molecule has 1 saturated heterocycles. The first-order chi connectivity index (χ1) is 10.3. The Morgan fingerprint density at radius 2 is 1.86 bits per heavy atom. The van der Waals surface area contributed by atoms with Gasteiger partial charge in [0.15, 0.2) is 0 Å². The number of hydrogen-bond acceptors (Lipinski definition) is 4. The lowest BCUT2D eigenvalue weighted by Gasteiger charge is -2.31. The number of benzene rings is 1. The van der Waals surface area contributed by atoms with E-state index in [1.54, 1.807) is 0 Å². The summed E-state index contributed by atoms with van der Waals surface area (Å²) in [6.45, 7) is 5.61. The highest BCUT2D eigenvalue weighted by Gasteiger charge is 2.16. The summed E-state index contributed by atoms with van der Waals surface area (Å²) >= 11 is 0. The first kappa shape index (κ1) is 13.9. The Morgan fingerprint density at radius 3 is 2.62 bits per heavy atom. The van der Waals surface area contributed by atoms with Gasteiger partial charge in [-0.05, 0) is 31.2 Å². The van der Waals surface area contributed by atoms with Crippen LogP contribution < -0.4 is 10.2 Å². The van der Waals surface area contributed by atoms with Crippen molar-refractivity contribution in [3.63, 3.8) is 0 Å². The molecule has 1 fully saturated rings. The van der Waals surface area contributed by atoms with Crippen LogP contribution in [0.1, 0.15) is 18.7 Å². The molecular weight excluding hydrogens is 262 g/mol. The van der Waals surface area contributed by atoms with Crippen molar-refractivity contribution in [3.8, 4) is 0 Å². The second-order valence-electron chi connectivity index (χ2n) is 5.24. The number of ether oxygens (including phenoxy) is 1. The average molecular weight is 283 g/mol. The van der Waals surface area contributed by atoms with Crippen LogP contribution in [0.4, 0.5) is 11.4 Å². The first-order valence-electron chi connectivity index (χ1n) is 7.44. The van der Waals surface area contributed by atoms with Crippen molar-refractivity contribution >= 4 is 11.4 Å². The molecule has 1 N–H and O–H groups in total. The summed E-state index contributed by atoms with van der Waals surface area (Å²) in [4.78, 5) is 6.79. The minimum Gasteiger partial charge on any atom is -0.378 e. The molecule has 4 heteroatoms. The molecule has 0 bridgehead atoms. The Bertz CT molecular complexity index is 567. The second-order valence-corrected chi connectivity index (χ2v) is 5.24. The van der Waals surface area contributed by atoms with Crippen molar-refractivity contribution < 1.29 is 4.74 Å². The van der Waals surface area contributed by atoms with Gasteiger partial charge in [0.05, 0.1) is 36.3 Å². The summed E-state index contributed by atoms with van der Waals surface area (Å²) in [6.07, 6.45) is 1.83. The maximum Gasteiger partial charge on any atom is 0.0657 e. The monoisotopic (exact) mass is 283 g/mol. The molecule has 1 aliphatic rings. The molecule has 3 rings (SSSR count). The van der Waals surface area contributed by atoms with Crippen LogP contribution in [-0.4, -0.2) is 31.3 Å². The fourth-order valence-electron chi connectivity index (χ4n) is 2.62. The number of rotatable bonds is 4. The number of hydrogen-bond donors (Lipinski definition) is 1. The van der Waals surface area contributed by atoms with Crippen molar-refractivity contribution in [2.75, 3.05) is 36.5 Å². The lowest BCUT2D eigenvalue weighted by atomic mass is 10.1. The van der Waals surface area contributed by atoms with Crippen LogP contribution in [-0.2, 0) is 4.74 Å². The molecule has 0 amide bonds. The summed E-state index contributed by atoms with van der Waals surface area (Å²) < 4.78 is 5.44. The van der Waals surface area contributed by atoms with Crippen LogP contribution >= 0.6 is 0 Å². The lowest BCUT2D eigenvalue weighted by molar-refractivity contribution is 0.123. The summed E-state index contributed by atoms with van der Waals surface area (Å²) in [7, 11) is 0. The van der Waals surface area contributed by atoms with Gasteiger partial charge in [0, 0.05) is 19.3 Å². The largest absolute Gasteiger partial charge is 0.378 e. The molecular formula is C17H21N3O. The molecule has 1 aromatic carbocycles. The topological polar surface area (TPSA) is 37.4 Å². The zero-order valence-corrected chi connectivity index (χ0v) is 12.3. The number of anilines is 2. The quantitative estimate of drug-likeness (QED) is 0.935. The second kappa shape index (κ2) is 6.59. The lowest BCUT2D eigenvalue weighted by Crippen LogP contribution is -2.36. The fraction of sp³-hybridized carbons (Fsp3) is 0.353. The molecule has 2 aromatic rings. The first-order valence-corrected chi connectivity index (χ1v) is 7.44. The van der Waals surface area contributed by atoms with Crippen LogP contribution in [0.2, 0.25) is 0 Å². The maximum atomic E-state index is 5.44. The SMILES string of the molecule is CC(Nc1ccccc1N1CCOCC1)c1ccccn1. The summed E-state index contributed by atoms with van der Waals surface area (Å²) in [6, 6.07) is 14.6. The number of para-hydroxylation sites is 2. The van der Waals surface area contributed by atoms with Gasteiger partial charge in [-0.25, -0.2) is 0 Å². The van der Waals surface area contributed by atoms with E-state index >= 15 is 0 Å². The highest BCUT2D eigenvalue weighted by molar-refractivity contribution is 5.70. The highest BCUT2D eigenvalue weighted by Crippen LogP contribution is 2.29. The van der Waals surface area contributed by atoms with Gasteiger partial charge < -0.3 is 15.0 Å². The van der Waals surface area contributed by atoms with Gasteiger partial charge >= 0.3 is 0 Å². The summed E-state index contributed by atoms with van der Waals surface area (Å²) in [5.74, 6) is 0. The molecule has 2 heterocycles. The van der Waals surface area contributed by atoms with E-state index in [-0.39, 0.29) is 6.04 Å². The van der Waals surface area contributed by atoms with E-state index in [0.717, 1.165) is 37.7 Å². The molecule has 0 saturated carbocycles. The van der Waals surface area contributed by atoms with Crippen molar-refractivity contribution in [3.05, 3.63) is 54.4 Å². The van der Waals surface area contributed by atoms with E-state index in [2.05, 4.69) is 52.5 Å². The van der Waals surface area contributed by atoms with Crippen LogP contribution in [0.5, 0.6) is 0 Å². The van der Waals surface area contributed by atoms with Crippen LogP contribution in [0.15, 0.2) is 48.7 Å². The van der Waals surface area contributed by atoms with Gasteiger partial charge in [0.25, 0.3) is 0 Å². The normalized spacial score (nSPS) is 16.5. The number of pyridine rings is 1. The van der Waals surface area contributed by atoms with Crippen LogP contribution in [0.25, 0.3) is 0 Å². The average Bonchev–Trinajstić information content (AvgIpc) is 2.57. The number of aromatic nitrogens is 1. The minimum absolute atomic E-state index is 0.174. The Morgan fingerprint density at radius 1 is 1.10 bits per heavy atom. The van der Waals surface area contributed by atoms with E-state index in [1.165, 1.54) is 5.69 Å². The standard InChI is InChI=1S/C17H21N3O/c1-14(15-6-4-5-9-18-15)19-16-7-2-3-8-17(16)20-10-12-21-13-11-20/h2-9,14,19H,10-13H2,1H3. The molecule has 0 radical (unpaired) electrons. The zero-order valence-electron chi connectivity index (χ0n) is 12.3. The molecule has 110 valence electrons. The molecule has 21 heavy (non-hydrogen) atoms. The van der Waals surface area contributed by atoms with Gasteiger partial charge in [-0.1, -0.05) is 18.2 Å².